The van der Waals surface area contributed by atoms with Crippen molar-refractivity contribution < 1.29 is 5.11 Å². The van der Waals surface area contributed by atoms with Gasteiger partial charge in [-0.2, -0.15) is 0 Å². The smallest absolute Gasteiger partial charge is 0.0945 e. The molecule has 1 rings (SSSR count). The van der Waals surface area contributed by atoms with Crippen LogP contribution in [0.25, 0.3) is 0 Å². The summed E-state index contributed by atoms with van der Waals surface area (Å²) in [4.78, 5) is 3.86. The first-order valence-electron chi connectivity index (χ1n) is 3.00. The molecule has 0 saturated carbocycles. The number of aryl methyl sites for hydroxylation is 1. The molecule has 0 aliphatic carbocycles. The molecule has 0 aromatic carbocycles. The van der Waals surface area contributed by atoms with Crippen LogP contribution in [0.15, 0.2) is 18.7 Å². The third kappa shape index (κ3) is 2.98. The van der Waals surface area contributed by atoms with E-state index < -0.39 is 0 Å². The van der Waals surface area contributed by atoms with Crippen LogP contribution in [0.5, 0.6) is 0 Å². The standard InChI is InChI=1S/C6H10N2O.BrH/c9-5-1-3-8-4-2-7-6-8;/h2,4,6,9H,1,3,5H2;1H. The molecule has 0 aliphatic heterocycles. The Morgan fingerprint density at radius 3 is 2.80 bits per heavy atom. The minimum Gasteiger partial charge on any atom is -0.396 e. The topological polar surface area (TPSA) is 38.0 Å². The maximum absolute atomic E-state index is 8.43. The van der Waals surface area contributed by atoms with Crippen LogP contribution in [-0.2, 0) is 6.54 Å². The first kappa shape index (κ1) is 9.65. The number of aromatic nitrogens is 2. The molecular weight excluding hydrogens is 196 g/mol. The van der Waals surface area contributed by atoms with Crippen molar-refractivity contribution in [2.75, 3.05) is 6.61 Å². The van der Waals surface area contributed by atoms with E-state index in [0.29, 0.717) is 0 Å². The zero-order chi connectivity index (χ0) is 6.53. The second-order valence-electron chi connectivity index (χ2n) is 1.88. The van der Waals surface area contributed by atoms with Crippen molar-refractivity contribution in [3.8, 4) is 0 Å². The molecule has 0 fully saturated rings. The first-order valence-corrected chi connectivity index (χ1v) is 3.00. The monoisotopic (exact) mass is 206 g/mol. The van der Waals surface area contributed by atoms with Crippen LogP contribution in [0.2, 0.25) is 0 Å². The van der Waals surface area contributed by atoms with Crippen LogP contribution in [0.1, 0.15) is 6.42 Å². The molecule has 1 heterocycles. The zero-order valence-electron chi connectivity index (χ0n) is 5.60. The van der Waals surface area contributed by atoms with Gasteiger partial charge in [0, 0.05) is 25.5 Å². The molecule has 0 spiro atoms. The molecule has 0 atom stereocenters. The molecular formula is C6H11BrN2O. The third-order valence-electron chi connectivity index (χ3n) is 1.13. The van der Waals surface area contributed by atoms with Crippen LogP contribution in [0.3, 0.4) is 0 Å². The fourth-order valence-corrected chi connectivity index (χ4v) is 0.672. The number of imidazole rings is 1. The average Bonchev–Trinajstić information content (AvgIpc) is 2.34. The number of hydrogen-bond acceptors (Lipinski definition) is 2. The molecule has 1 aromatic rings. The van der Waals surface area contributed by atoms with Crippen molar-refractivity contribution >= 4 is 17.0 Å². The van der Waals surface area contributed by atoms with Gasteiger partial charge in [-0.3, -0.25) is 0 Å². The molecule has 0 radical (unpaired) electrons. The molecule has 58 valence electrons. The molecule has 0 amide bonds. The minimum atomic E-state index is 0. The van der Waals surface area contributed by atoms with Gasteiger partial charge in [0.1, 0.15) is 0 Å². The molecule has 4 heteroatoms. The number of aliphatic hydroxyl groups is 1. The molecule has 3 nitrogen and oxygen atoms in total. The second kappa shape index (κ2) is 5.44. The van der Waals surface area contributed by atoms with Gasteiger partial charge in [0.25, 0.3) is 0 Å². The Balaban J connectivity index is 0.000000810. The van der Waals surface area contributed by atoms with Gasteiger partial charge in [-0.25, -0.2) is 4.98 Å². The predicted molar refractivity (Wildman–Crippen MR) is 44.3 cm³/mol. The Kier molecular flexibility index (Phi) is 5.25. The van der Waals surface area contributed by atoms with E-state index in [1.807, 2.05) is 10.8 Å². The lowest BCUT2D eigenvalue weighted by Gasteiger charge is -1.96. The number of hydrogen-bond donors (Lipinski definition) is 1. The Hall–Kier alpha value is -0.350. The quantitative estimate of drug-likeness (QED) is 0.797. The van der Waals surface area contributed by atoms with Gasteiger partial charge in [-0.05, 0) is 6.42 Å². The summed E-state index contributed by atoms with van der Waals surface area (Å²) < 4.78 is 1.94. The van der Waals surface area contributed by atoms with Gasteiger partial charge in [-0.1, -0.05) is 0 Å². The Morgan fingerprint density at radius 1 is 1.50 bits per heavy atom. The van der Waals surface area contributed by atoms with E-state index in [1.165, 1.54) is 0 Å². The van der Waals surface area contributed by atoms with E-state index in [2.05, 4.69) is 4.98 Å². The van der Waals surface area contributed by atoms with Gasteiger partial charge in [0.2, 0.25) is 0 Å². The highest BCUT2D eigenvalue weighted by Crippen LogP contribution is 1.87. The van der Waals surface area contributed by atoms with Crippen LogP contribution < -0.4 is 0 Å². The summed E-state index contributed by atoms with van der Waals surface area (Å²) in [5.41, 5.74) is 0. The van der Waals surface area contributed by atoms with Crippen LogP contribution in [-0.4, -0.2) is 21.3 Å². The van der Waals surface area contributed by atoms with Crippen LogP contribution in [0.4, 0.5) is 0 Å². The lowest BCUT2D eigenvalue weighted by Crippen LogP contribution is -1.96. The highest BCUT2D eigenvalue weighted by Gasteiger charge is 1.85. The lowest BCUT2D eigenvalue weighted by atomic mass is 10.4. The van der Waals surface area contributed by atoms with Gasteiger partial charge in [0.05, 0.1) is 6.33 Å². The summed E-state index contributed by atoms with van der Waals surface area (Å²) in [6, 6.07) is 0. The number of nitrogens with zero attached hydrogens (tertiary/aromatic N) is 2. The van der Waals surface area contributed by atoms with Crippen molar-refractivity contribution in [2.45, 2.75) is 13.0 Å². The largest absolute Gasteiger partial charge is 0.396 e. The van der Waals surface area contributed by atoms with E-state index >= 15 is 0 Å². The number of halogens is 1. The van der Waals surface area contributed by atoms with Crippen LogP contribution in [0, 0.1) is 0 Å². The van der Waals surface area contributed by atoms with Crippen molar-refractivity contribution in [1.29, 1.82) is 0 Å². The fraction of sp³-hybridized carbons (Fsp3) is 0.500. The van der Waals surface area contributed by atoms with E-state index in [4.69, 9.17) is 5.11 Å². The molecule has 1 N–H and O–H groups in total. The van der Waals surface area contributed by atoms with Crippen molar-refractivity contribution in [2.24, 2.45) is 0 Å². The molecule has 0 aliphatic rings. The van der Waals surface area contributed by atoms with E-state index in [9.17, 15) is 0 Å². The third-order valence-corrected chi connectivity index (χ3v) is 1.13. The van der Waals surface area contributed by atoms with E-state index in [0.717, 1.165) is 13.0 Å². The predicted octanol–water partition coefficient (Wildman–Crippen LogP) is 0.843. The highest BCUT2D eigenvalue weighted by molar-refractivity contribution is 8.93. The molecule has 10 heavy (non-hydrogen) atoms. The number of rotatable bonds is 3. The summed E-state index contributed by atoms with van der Waals surface area (Å²) in [6.07, 6.45) is 6.17. The summed E-state index contributed by atoms with van der Waals surface area (Å²) in [5, 5.41) is 8.43. The normalized spacial score (nSPS) is 8.90. The Bertz CT molecular complexity index is 153. The first-order chi connectivity index (χ1) is 4.43. The van der Waals surface area contributed by atoms with Gasteiger partial charge < -0.3 is 9.67 Å². The van der Waals surface area contributed by atoms with Crippen molar-refractivity contribution in [3.05, 3.63) is 18.7 Å². The zero-order valence-corrected chi connectivity index (χ0v) is 7.32. The SMILES string of the molecule is Br.OCCCn1ccnc1. The van der Waals surface area contributed by atoms with Gasteiger partial charge in [0.15, 0.2) is 0 Å². The number of aliphatic hydroxyl groups excluding tert-OH is 1. The summed E-state index contributed by atoms with van der Waals surface area (Å²) >= 11 is 0. The molecule has 1 aromatic heterocycles. The molecule has 0 bridgehead atoms. The van der Waals surface area contributed by atoms with Crippen LogP contribution >= 0.6 is 17.0 Å². The lowest BCUT2D eigenvalue weighted by molar-refractivity contribution is 0.280. The van der Waals surface area contributed by atoms with Gasteiger partial charge in [-0.15, -0.1) is 17.0 Å². The average molecular weight is 207 g/mol. The Labute approximate surface area is 70.5 Å². The maximum Gasteiger partial charge on any atom is 0.0945 e. The Morgan fingerprint density at radius 2 is 2.30 bits per heavy atom. The minimum absolute atomic E-state index is 0. The highest BCUT2D eigenvalue weighted by atomic mass is 79.9. The maximum atomic E-state index is 8.43. The fourth-order valence-electron chi connectivity index (χ4n) is 0.672. The second-order valence-corrected chi connectivity index (χ2v) is 1.88. The summed E-state index contributed by atoms with van der Waals surface area (Å²) in [7, 11) is 0. The van der Waals surface area contributed by atoms with Gasteiger partial charge >= 0.3 is 0 Å². The van der Waals surface area contributed by atoms with Crippen molar-refractivity contribution in [3.63, 3.8) is 0 Å². The summed E-state index contributed by atoms with van der Waals surface area (Å²) in [6.45, 7) is 1.11. The molecule has 0 saturated heterocycles. The molecule has 0 unspecified atom stereocenters. The van der Waals surface area contributed by atoms with E-state index in [-0.39, 0.29) is 23.6 Å². The summed E-state index contributed by atoms with van der Waals surface area (Å²) in [5.74, 6) is 0. The van der Waals surface area contributed by atoms with E-state index in [1.54, 1.807) is 12.5 Å². The van der Waals surface area contributed by atoms with Crippen molar-refractivity contribution in [1.82, 2.24) is 9.55 Å².